The van der Waals surface area contributed by atoms with Gasteiger partial charge in [0, 0.05) is 49.5 Å². The van der Waals surface area contributed by atoms with E-state index < -0.39 is 0 Å². The standard InChI is InChI=1S/C22H28ClN5O/c1-27-9-11-28(12-10-27)21-8-3-2-5-17(21)15-24-22(29)20-14-19(25-26-20)16-6-4-7-18(23)13-16/h2-8,13,19-20,25-26H,9-12,14-15H2,1H3,(H,24,29). The Bertz CT molecular complexity index is 853. The number of amides is 1. The molecule has 7 heteroatoms. The summed E-state index contributed by atoms with van der Waals surface area (Å²) in [6, 6.07) is 15.9. The summed E-state index contributed by atoms with van der Waals surface area (Å²) in [7, 11) is 2.16. The molecule has 2 atom stereocenters. The van der Waals surface area contributed by atoms with Gasteiger partial charge in [-0.3, -0.25) is 4.79 Å². The zero-order valence-electron chi connectivity index (χ0n) is 16.7. The average molecular weight is 414 g/mol. The molecular weight excluding hydrogens is 386 g/mol. The van der Waals surface area contributed by atoms with Crippen molar-refractivity contribution in [2.24, 2.45) is 0 Å². The van der Waals surface area contributed by atoms with Crippen LogP contribution in [0.5, 0.6) is 0 Å². The smallest absolute Gasteiger partial charge is 0.238 e. The van der Waals surface area contributed by atoms with Gasteiger partial charge in [0.05, 0.1) is 0 Å². The van der Waals surface area contributed by atoms with Crippen molar-refractivity contribution in [2.75, 3.05) is 38.1 Å². The van der Waals surface area contributed by atoms with Crippen LogP contribution in [0.25, 0.3) is 0 Å². The highest BCUT2D eigenvalue weighted by Gasteiger charge is 2.30. The van der Waals surface area contributed by atoms with E-state index in [4.69, 9.17) is 11.6 Å². The van der Waals surface area contributed by atoms with E-state index in [9.17, 15) is 4.79 Å². The number of hydrazine groups is 1. The number of likely N-dealkylation sites (N-methyl/N-ethyl adjacent to an activating group) is 1. The van der Waals surface area contributed by atoms with Crippen molar-refractivity contribution in [1.29, 1.82) is 0 Å². The van der Waals surface area contributed by atoms with Gasteiger partial charge in [0.2, 0.25) is 5.91 Å². The number of anilines is 1. The second kappa shape index (κ2) is 9.13. The third-order valence-electron chi connectivity index (χ3n) is 5.76. The van der Waals surface area contributed by atoms with Crippen LogP contribution in [0.3, 0.4) is 0 Å². The molecule has 2 saturated heterocycles. The number of carbonyl (C=O) groups is 1. The predicted octanol–water partition coefficient (Wildman–Crippen LogP) is 2.32. The first kappa shape index (κ1) is 20.2. The quantitative estimate of drug-likeness (QED) is 0.702. The molecule has 2 unspecified atom stereocenters. The Morgan fingerprint density at radius 2 is 1.90 bits per heavy atom. The van der Waals surface area contributed by atoms with Crippen LogP contribution in [-0.2, 0) is 11.3 Å². The van der Waals surface area contributed by atoms with Gasteiger partial charge in [0.1, 0.15) is 6.04 Å². The van der Waals surface area contributed by atoms with Crippen LogP contribution < -0.4 is 21.1 Å². The second-order valence-corrected chi connectivity index (χ2v) is 8.26. The Morgan fingerprint density at radius 3 is 2.69 bits per heavy atom. The third-order valence-corrected chi connectivity index (χ3v) is 5.99. The molecule has 0 bridgehead atoms. The van der Waals surface area contributed by atoms with Gasteiger partial charge < -0.3 is 15.1 Å². The van der Waals surface area contributed by atoms with Crippen molar-refractivity contribution < 1.29 is 4.79 Å². The van der Waals surface area contributed by atoms with Crippen molar-refractivity contribution in [3.63, 3.8) is 0 Å². The molecule has 154 valence electrons. The molecule has 4 rings (SSSR count). The largest absolute Gasteiger partial charge is 0.369 e. The number of carbonyl (C=O) groups excluding carboxylic acids is 1. The van der Waals surface area contributed by atoms with E-state index in [0.29, 0.717) is 18.0 Å². The molecule has 2 heterocycles. The van der Waals surface area contributed by atoms with Crippen molar-refractivity contribution >= 4 is 23.2 Å². The molecular formula is C22H28ClN5O. The number of para-hydroxylation sites is 1. The van der Waals surface area contributed by atoms with Crippen LogP contribution in [0.1, 0.15) is 23.6 Å². The average Bonchev–Trinajstić information content (AvgIpc) is 3.23. The van der Waals surface area contributed by atoms with E-state index in [1.54, 1.807) is 0 Å². The molecule has 2 aliphatic rings. The number of piperazine rings is 1. The monoisotopic (exact) mass is 413 g/mol. The SMILES string of the molecule is CN1CCN(c2ccccc2CNC(=O)C2CC(c3cccc(Cl)c3)NN2)CC1. The van der Waals surface area contributed by atoms with E-state index in [0.717, 1.165) is 37.3 Å². The van der Waals surface area contributed by atoms with Gasteiger partial charge in [-0.1, -0.05) is 41.9 Å². The Morgan fingerprint density at radius 1 is 1.10 bits per heavy atom. The lowest BCUT2D eigenvalue weighted by atomic mass is 10.0. The summed E-state index contributed by atoms with van der Waals surface area (Å²) in [5, 5.41) is 3.81. The minimum absolute atomic E-state index is 0.00945. The van der Waals surface area contributed by atoms with Crippen LogP contribution >= 0.6 is 11.6 Å². The molecule has 2 fully saturated rings. The topological polar surface area (TPSA) is 59.6 Å². The van der Waals surface area contributed by atoms with Gasteiger partial charge in [-0.05, 0) is 42.8 Å². The summed E-state index contributed by atoms with van der Waals surface area (Å²) < 4.78 is 0. The highest BCUT2D eigenvalue weighted by Crippen LogP contribution is 2.25. The number of hydrogen-bond acceptors (Lipinski definition) is 5. The lowest BCUT2D eigenvalue weighted by Crippen LogP contribution is -2.45. The maximum absolute atomic E-state index is 12.7. The Balaban J connectivity index is 1.35. The maximum atomic E-state index is 12.7. The molecule has 1 amide bonds. The van der Waals surface area contributed by atoms with Gasteiger partial charge in [-0.25, -0.2) is 10.9 Å². The molecule has 0 saturated carbocycles. The number of rotatable bonds is 5. The van der Waals surface area contributed by atoms with E-state index >= 15 is 0 Å². The highest BCUT2D eigenvalue weighted by molar-refractivity contribution is 6.30. The third kappa shape index (κ3) is 4.90. The number of benzene rings is 2. The predicted molar refractivity (Wildman–Crippen MR) is 117 cm³/mol. The fourth-order valence-electron chi connectivity index (χ4n) is 3.99. The van der Waals surface area contributed by atoms with E-state index in [-0.39, 0.29) is 18.0 Å². The second-order valence-electron chi connectivity index (χ2n) is 7.82. The number of nitrogens with one attached hydrogen (secondary N) is 3. The van der Waals surface area contributed by atoms with Gasteiger partial charge in [0.25, 0.3) is 0 Å². The Hall–Kier alpha value is -2.12. The van der Waals surface area contributed by atoms with E-state index in [1.165, 1.54) is 5.69 Å². The first-order valence-electron chi connectivity index (χ1n) is 10.2. The maximum Gasteiger partial charge on any atom is 0.238 e. The number of hydrogen-bond donors (Lipinski definition) is 3. The molecule has 0 aliphatic carbocycles. The van der Waals surface area contributed by atoms with Crippen LogP contribution in [0, 0.1) is 0 Å². The van der Waals surface area contributed by atoms with Gasteiger partial charge in [-0.15, -0.1) is 0 Å². The summed E-state index contributed by atoms with van der Waals surface area (Å²) in [5.41, 5.74) is 9.79. The van der Waals surface area contributed by atoms with E-state index in [2.05, 4.69) is 51.2 Å². The fourth-order valence-corrected chi connectivity index (χ4v) is 4.19. The fraction of sp³-hybridized carbons (Fsp3) is 0.409. The number of halogens is 1. The molecule has 0 radical (unpaired) electrons. The van der Waals surface area contributed by atoms with Crippen molar-refractivity contribution in [3.05, 3.63) is 64.7 Å². The minimum Gasteiger partial charge on any atom is -0.369 e. The molecule has 2 aliphatic heterocycles. The van der Waals surface area contributed by atoms with Crippen molar-refractivity contribution in [3.8, 4) is 0 Å². The lowest BCUT2D eigenvalue weighted by Gasteiger charge is -2.35. The van der Waals surface area contributed by atoms with Crippen molar-refractivity contribution in [1.82, 2.24) is 21.1 Å². The summed E-state index contributed by atoms with van der Waals surface area (Å²) in [6.45, 7) is 4.67. The Labute approximate surface area is 177 Å². The molecule has 6 nitrogen and oxygen atoms in total. The van der Waals surface area contributed by atoms with Crippen molar-refractivity contribution in [2.45, 2.75) is 25.0 Å². The molecule has 3 N–H and O–H groups in total. The normalized spacial score (nSPS) is 22.6. The first-order chi connectivity index (χ1) is 14.1. The molecule has 0 aromatic heterocycles. The molecule has 0 spiro atoms. The number of nitrogens with zero attached hydrogens (tertiary/aromatic N) is 2. The van der Waals surface area contributed by atoms with Crippen LogP contribution in [0.15, 0.2) is 48.5 Å². The summed E-state index contributed by atoms with van der Waals surface area (Å²) in [5.74, 6) is 0.00945. The minimum atomic E-state index is -0.269. The summed E-state index contributed by atoms with van der Waals surface area (Å²) >= 11 is 6.09. The van der Waals surface area contributed by atoms with Crippen LogP contribution in [0.2, 0.25) is 5.02 Å². The Kier molecular flexibility index (Phi) is 6.35. The highest BCUT2D eigenvalue weighted by atomic mass is 35.5. The zero-order valence-corrected chi connectivity index (χ0v) is 17.5. The molecule has 29 heavy (non-hydrogen) atoms. The van der Waals surface area contributed by atoms with Crippen LogP contribution in [0.4, 0.5) is 5.69 Å². The van der Waals surface area contributed by atoms with Gasteiger partial charge in [0.15, 0.2) is 0 Å². The summed E-state index contributed by atoms with van der Waals surface area (Å²) in [4.78, 5) is 17.5. The molecule has 2 aromatic rings. The molecule has 2 aromatic carbocycles. The summed E-state index contributed by atoms with van der Waals surface area (Å²) in [6.07, 6.45) is 0.687. The van der Waals surface area contributed by atoms with E-state index in [1.807, 2.05) is 30.3 Å². The zero-order chi connectivity index (χ0) is 20.2. The van der Waals surface area contributed by atoms with Gasteiger partial charge in [-0.2, -0.15) is 0 Å². The van der Waals surface area contributed by atoms with Crippen LogP contribution in [-0.4, -0.2) is 50.1 Å². The lowest BCUT2D eigenvalue weighted by molar-refractivity contribution is -0.123. The first-order valence-corrected chi connectivity index (χ1v) is 10.5. The van der Waals surface area contributed by atoms with Gasteiger partial charge >= 0.3 is 0 Å².